The van der Waals surface area contributed by atoms with Crippen molar-refractivity contribution in [3.63, 3.8) is 0 Å². The molecule has 0 fully saturated rings. The van der Waals surface area contributed by atoms with Crippen LogP contribution in [0, 0.1) is 6.92 Å². The lowest BCUT2D eigenvalue weighted by atomic mass is 10.2. The van der Waals surface area contributed by atoms with Gasteiger partial charge < -0.3 is 4.74 Å². The molecule has 138 valence electrons. The van der Waals surface area contributed by atoms with Crippen LogP contribution < -0.4 is 0 Å². The number of aryl methyl sites for hydroxylation is 1. The van der Waals surface area contributed by atoms with E-state index in [0.717, 1.165) is 5.56 Å². The molecule has 2 rings (SSSR count). The Morgan fingerprint density at radius 1 is 1.04 bits per heavy atom. The Morgan fingerprint density at radius 2 is 1.65 bits per heavy atom. The molecule has 7 heteroatoms. The Bertz CT molecular complexity index is 888. The number of hydrogen-bond acceptors (Lipinski definition) is 4. The van der Waals surface area contributed by atoms with Crippen molar-refractivity contribution in [1.29, 1.82) is 0 Å². The third-order valence-corrected chi connectivity index (χ3v) is 5.08. The summed E-state index contributed by atoms with van der Waals surface area (Å²) < 4.78 is 35.0. The number of hydrogen-bond donors (Lipinski definition) is 0. The fourth-order valence-corrected chi connectivity index (χ4v) is 3.44. The zero-order valence-electron chi connectivity index (χ0n) is 15.2. The van der Waals surface area contributed by atoms with Gasteiger partial charge in [-0.05, 0) is 39.2 Å². The number of sulfonamides is 1. The number of thioether (sulfide) groups is 1. The maximum Gasteiger partial charge on any atom is 0.284 e. The molecule has 0 saturated carbocycles. The first kappa shape index (κ1) is 20.2. The van der Waals surface area contributed by atoms with Crippen molar-refractivity contribution in [1.82, 2.24) is 0 Å². The van der Waals surface area contributed by atoms with Crippen molar-refractivity contribution < 1.29 is 13.2 Å². The van der Waals surface area contributed by atoms with Gasteiger partial charge in [-0.15, -0.1) is 4.40 Å². The molecule has 2 aromatic rings. The third-order valence-electron chi connectivity index (χ3n) is 3.27. The second-order valence-corrected chi connectivity index (χ2v) is 8.18. The lowest BCUT2D eigenvalue weighted by molar-refractivity contribution is 0.237. The Labute approximate surface area is 159 Å². The molecule has 0 aliphatic rings. The van der Waals surface area contributed by atoms with E-state index in [4.69, 9.17) is 4.74 Å². The molecule has 2 aromatic carbocycles. The molecule has 0 unspecified atom stereocenters. The molecule has 0 N–H and O–H groups in total. The molecular formula is C19H22N2O3S2. The van der Waals surface area contributed by atoms with Gasteiger partial charge in [-0.2, -0.15) is 13.4 Å². The lowest BCUT2D eigenvalue weighted by Crippen LogP contribution is -2.12. The van der Waals surface area contributed by atoms with Gasteiger partial charge in [0.15, 0.2) is 5.84 Å². The highest BCUT2D eigenvalue weighted by molar-refractivity contribution is 8.13. The zero-order valence-corrected chi connectivity index (χ0v) is 16.8. The summed E-state index contributed by atoms with van der Waals surface area (Å²) in [6.45, 7) is 5.66. The fourth-order valence-electron chi connectivity index (χ4n) is 2.01. The van der Waals surface area contributed by atoms with Crippen LogP contribution >= 0.6 is 11.8 Å². The van der Waals surface area contributed by atoms with Crippen LogP contribution in [-0.4, -0.2) is 31.8 Å². The van der Waals surface area contributed by atoms with Crippen molar-refractivity contribution >= 4 is 32.9 Å². The van der Waals surface area contributed by atoms with Crippen LogP contribution in [0.25, 0.3) is 0 Å². The van der Waals surface area contributed by atoms with Crippen molar-refractivity contribution in [2.45, 2.75) is 31.8 Å². The van der Waals surface area contributed by atoms with Crippen LogP contribution in [0.15, 0.2) is 68.9 Å². The van der Waals surface area contributed by atoms with E-state index in [1.807, 2.05) is 33.1 Å². The number of ether oxygens (including phenoxy) is 1. The summed E-state index contributed by atoms with van der Waals surface area (Å²) in [5, 5.41) is 0.363. The van der Waals surface area contributed by atoms with Crippen LogP contribution in [0.4, 0.5) is 0 Å². The monoisotopic (exact) mass is 390 g/mol. The van der Waals surface area contributed by atoms with E-state index in [0.29, 0.717) is 10.8 Å². The van der Waals surface area contributed by atoms with Gasteiger partial charge in [0, 0.05) is 5.56 Å². The largest absolute Gasteiger partial charge is 0.470 e. The van der Waals surface area contributed by atoms with Crippen molar-refractivity contribution in [3.8, 4) is 0 Å². The summed E-state index contributed by atoms with van der Waals surface area (Å²) in [4.78, 5) is 4.49. The van der Waals surface area contributed by atoms with Gasteiger partial charge in [0.25, 0.3) is 15.3 Å². The maximum atomic E-state index is 12.7. The number of amidine groups is 1. The molecule has 0 aliphatic carbocycles. The highest BCUT2D eigenvalue weighted by atomic mass is 32.2. The lowest BCUT2D eigenvalue weighted by Gasteiger charge is -2.11. The molecule has 0 spiro atoms. The van der Waals surface area contributed by atoms with Gasteiger partial charge in [-0.1, -0.05) is 59.8 Å². The van der Waals surface area contributed by atoms with Gasteiger partial charge in [-0.3, -0.25) is 0 Å². The zero-order chi connectivity index (χ0) is 19.2. The Balaban J connectivity index is 2.54. The van der Waals surface area contributed by atoms with Crippen molar-refractivity contribution in [2.24, 2.45) is 9.39 Å². The third kappa shape index (κ3) is 5.71. The molecule has 0 saturated heterocycles. The molecule has 0 aromatic heterocycles. The maximum absolute atomic E-state index is 12.7. The van der Waals surface area contributed by atoms with E-state index in [2.05, 4.69) is 9.39 Å². The molecule has 5 nitrogen and oxygen atoms in total. The van der Waals surface area contributed by atoms with Crippen LogP contribution in [0.1, 0.15) is 25.0 Å². The first-order chi connectivity index (χ1) is 12.3. The number of aliphatic imine (C=N–C) groups is 1. The Hall–Kier alpha value is -2.12. The summed E-state index contributed by atoms with van der Waals surface area (Å²) in [5.41, 5.74) is 1.58. The van der Waals surface area contributed by atoms with Gasteiger partial charge in [0.2, 0.25) is 0 Å². The van der Waals surface area contributed by atoms with Crippen LogP contribution in [0.2, 0.25) is 0 Å². The summed E-state index contributed by atoms with van der Waals surface area (Å²) >= 11 is 1.30. The Morgan fingerprint density at radius 3 is 2.19 bits per heavy atom. The normalized spacial score (nSPS) is 13.1. The molecule has 0 radical (unpaired) electrons. The van der Waals surface area contributed by atoms with Crippen molar-refractivity contribution in [2.75, 3.05) is 6.26 Å². The van der Waals surface area contributed by atoms with Gasteiger partial charge >= 0.3 is 0 Å². The highest BCUT2D eigenvalue weighted by Gasteiger charge is 2.16. The van der Waals surface area contributed by atoms with E-state index >= 15 is 0 Å². The minimum absolute atomic E-state index is 0.0769. The minimum atomic E-state index is -3.89. The average molecular weight is 391 g/mol. The second kappa shape index (κ2) is 9.00. The van der Waals surface area contributed by atoms with E-state index in [1.165, 1.54) is 11.8 Å². The fraction of sp³-hybridized carbons (Fsp3) is 0.263. The molecule has 0 bridgehead atoms. The predicted octanol–water partition coefficient (Wildman–Crippen LogP) is 4.27. The topological polar surface area (TPSA) is 68.1 Å². The molecular weight excluding hydrogens is 368 g/mol. The van der Waals surface area contributed by atoms with Crippen LogP contribution in [0.5, 0.6) is 0 Å². The molecule has 0 aliphatic heterocycles. The van der Waals surface area contributed by atoms with E-state index < -0.39 is 10.0 Å². The smallest absolute Gasteiger partial charge is 0.284 e. The molecule has 26 heavy (non-hydrogen) atoms. The summed E-state index contributed by atoms with van der Waals surface area (Å²) in [5.74, 6) is 0.0937. The number of nitrogens with zero attached hydrogens (tertiary/aromatic N) is 2. The summed E-state index contributed by atoms with van der Waals surface area (Å²) in [7, 11) is -3.89. The highest BCUT2D eigenvalue weighted by Crippen LogP contribution is 2.16. The summed E-state index contributed by atoms with van der Waals surface area (Å²) in [6.07, 6.45) is 1.74. The first-order valence-electron chi connectivity index (χ1n) is 8.08. The quantitative estimate of drug-likeness (QED) is 0.577. The molecule has 0 atom stereocenters. The SMILES string of the molecule is CSC(=N/C(=N\S(=O)(=O)c1ccc(C)cc1)c1ccccc1)OC(C)C. The van der Waals surface area contributed by atoms with Gasteiger partial charge in [0.1, 0.15) is 0 Å². The van der Waals surface area contributed by atoms with E-state index in [9.17, 15) is 8.42 Å². The van der Waals surface area contributed by atoms with E-state index in [-0.39, 0.29) is 16.8 Å². The van der Waals surface area contributed by atoms with Gasteiger partial charge in [-0.25, -0.2) is 0 Å². The predicted molar refractivity (Wildman–Crippen MR) is 109 cm³/mol. The molecule has 0 amide bonds. The minimum Gasteiger partial charge on any atom is -0.470 e. The van der Waals surface area contributed by atoms with Crippen LogP contribution in [0.3, 0.4) is 0 Å². The van der Waals surface area contributed by atoms with Crippen LogP contribution in [-0.2, 0) is 14.8 Å². The average Bonchev–Trinajstić information content (AvgIpc) is 2.61. The standard InChI is InChI=1S/C19H22N2O3S2/c1-14(2)24-19(25-4)20-18(16-8-6-5-7-9-16)21-26(22,23)17-12-10-15(3)11-13-17/h5-14H,1-4H3/b20-19?,21-18-. The first-order valence-corrected chi connectivity index (χ1v) is 10.7. The Kier molecular flexibility index (Phi) is 6.99. The van der Waals surface area contributed by atoms with Gasteiger partial charge in [0.05, 0.1) is 11.0 Å². The number of benzene rings is 2. The molecule has 0 heterocycles. The summed E-state index contributed by atoms with van der Waals surface area (Å²) in [6, 6.07) is 15.6. The number of rotatable bonds is 4. The van der Waals surface area contributed by atoms with E-state index in [1.54, 1.807) is 48.5 Å². The second-order valence-electron chi connectivity index (χ2n) is 5.82. The van der Waals surface area contributed by atoms with Crippen molar-refractivity contribution in [3.05, 3.63) is 65.7 Å².